The van der Waals surface area contributed by atoms with Crippen molar-refractivity contribution in [2.24, 2.45) is 50.2 Å². The molecule has 0 aromatic heterocycles. The second-order valence-electron chi connectivity index (χ2n) is 23.0. The molecule has 0 radical (unpaired) electrons. The van der Waals surface area contributed by atoms with Crippen LogP contribution in [0.4, 0.5) is 0 Å². The lowest BCUT2D eigenvalue weighted by Gasteiger charge is -2.72. The maximum absolute atomic E-state index is 13.1. The number of allylic oxidation sites excluding steroid dienone is 1. The first-order valence-corrected chi connectivity index (χ1v) is 23.7. The van der Waals surface area contributed by atoms with Gasteiger partial charge in [-0.2, -0.15) is 0 Å². The van der Waals surface area contributed by atoms with Crippen LogP contribution in [0.5, 0.6) is 0 Å². The van der Waals surface area contributed by atoms with Crippen molar-refractivity contribution in [2.75, 3.05) is 13.2 Å². The Bertz CT molecular complexity index is 1820. The molecule has 0 spiro atoms. The molecule has 7 fully saturated rings. The molecule has 22 unspecified atom stereocenters. The second kappa shape index (κ2) is 17.2. The molecule has 3 saturated heterocycles. The molecule has 0 amide bonds. The highest BCUT2D eigenvalue weighted by molar-refractivity contribution is 5.80. The summed E-state index contributed by atoms with van der Waals surface area (Å²) in [5.74, 6) is -1.73. The molecule has 18 nitrogen and oxygen atoms in total. The lowest BCUT2D eigenvalue weighted by molar-refractivity contribution is -0.392. The van der Waals surface area contributed by atoms with Gasteiger partial charge in [0.15, 0.2) is 25.0 Å². The van der Waals surface area contributed by atoms with Gasteiger partial charge in [0.1, 0.15) is 61.0 Å². The Balaban J connectivity index is 1.09. The first kappa shape index (κ1) is 49.5. The van der Waals surface area contributed by atoms with Gasteiger partial charge < -0.3 is 79.5 Å². The third-order valence-corrected chi connectivity index (χ3v) is 18.9. The fourth-order valence-corrected chi connectivity index (χ4v) is 14.9. The Morgan fingerprint density at radius 1 is 0.646 bits per heavy atom. The summed E-state index contributed by atoms with van der Waals surface area (Å²) in [5.41, 5.74) is -0.745. The molecule has 10 N–H and O–H groups in total. The van der Waals surface area contributed by atoms with Gasteiger partial charge in [0, 0.05) is 0 Å². The first-order valence-electron chi connectivity index (χ1n) is 23.7. The second-order valence-corrected chi connectivity index (χ2v) is 23.0. The van der Waals surface area contributed by atoms with Crippen molar-refractivity contribution < 1.29 is 89.1 Å². The van der Waals surface area contributed by atoms with Crippen molar-refractivity contribution in [1.82, 2.24) is 0 Å². The average molecular weight is 927 g/mol. The first-order chi connectivity index (χ1) is 30.3. The van der Waals surface area contributed by atoms with Gasteiger partial charge in [-0.15, -0.1) is 0 Å². The molecular formula is C47H74O18. The van der Waals surface area contributed by atoms with E-state index in [9.17, 15) is 60.7 Å². The van der Waals surface area contributed by atoms with Crippen LogP contribution in [0.3, 0.4) is 0 Å². The lowest BCUT2D eigenvalue weighted by Crippen LogP contribution is -2.68. The van der Waals surface area contributed by atoms with Crippen molar-refractivity contribution in [3.05, 3.63) is 11.6 Å². The van der Waals surface area contributed by atoms with E-state index in [4.69, 9.17) is 28.4 Å². The predicted octanol–water partition coefficient (Wildman–Crippen LogP) is 1.44. The molecule has 3 heterocycles. The monoisotopic (exact) mass is 926 g/mol. The van der Waals surface area contributed by atoms with Crippen molar-refractivity contribution in [3.8, 4) is 0 Å². The van der Waals surface area contributed by atoms with E-state index in [-0.39, 0.29) is 33.5 Å². The maximum Gasteiger partial charge on any atom is 0.335 e. The van der Waals surface area contributed by atoms with Crippen molar-refractivity contribution in [1.29, 1.82) is 0 Å². The molecule has 22 atom stereocenters. The Labute approximate surface area is 380 Å². The number of hydrogen-bond acceptors (Lipinski definition) is 16. The molecule has 65 heavy (non-hydrogen) atoms. The average Bonchev–Trinajstić information content (AvgIpc) is 3.23. The number of hydrogen-bond donors (Lipinski definition) is 10. The Morgan fingerprint density at radius 3 is 1.97 bits per heavy atom. The highest BCUT2D eigenvalue weighted by Crippen LogP contribution is 2.76. The Hall–Kier alpha value is -1.88. The zero-order valence-electron chi connectivity index (χ0n) is 38.7. The summed E-state index contributed by atoms with van der Waals surface area (Å²) in [4.78, 5) is 25.9. The molecule has 8 rings (SSSR count). The topological polar surface area (TPSA) is 292 Å². The minimum atomic E-state index is -2.05. The number of carboxylic acids is 2. The van der Waals surface area contributed by atoms with E-state index in [0.717, 1.165) is 50.5 Å². The van der Waals surface area contributed by atoms with E-state index in [1.165, 1.54) is 0 Å². The zero-order chi connectivity index (χ0) is 47.6. The van der Waals surface area contributed by atoms with Gasteiger partial charge in [0.2, 0.25) is 0 Å². The molecular weight excluding hydrogens is 852 g/mol. The maximum atomic E-state index is 13.1. The molecule has 18 heteroatoms. The van der Waals surface area contributed by atoms with Crippen LogP contribution < -0.4 is 0 Å². The predicted molar refractivity (Wildman–Crippen MR) is 225 cm³/mol. The number of aliphatic carboxylic acids is 2. The summed E-state index contributed by atoms with van der Waals surface area (Å²) in [6, 6.07) is 0. The van der Waals surface area contributed by atoms with E-state index >= 15 is 0 Å². The van der Waals surface area contributed by atoms with E-state index < -0.39 is 128 Å². The van der Waals surface area contributed by atoms with Crippen LogP contribution >= 0.6 is 0 Å². The van der Waals surface area contributed by atoms with Gasteiger partial charge in [-0.3, -0.25) is 4.79 Å². The van der Waals surface area contributed by atoms with Crippen molar-refractivity contribution >= 4 is 11.9 Å². The summed E-state index contributed by atoms with van der Waals surface area (Å²) in [6.45, 7) is 14.7. The van der Waals surface area contributed by atoms with Gasteiger partial charge >= 0.3 is 11.9 Å². The molecule has 5 aliphatic carbocycles. The number of fused-ring (bicyclic) bond motifs is 7. The van der Waals surface area contributed by atoms with Gasteiger partial charge in [-0.05, 0) is 109 Å². The number of aliphatic hydroxyl groups is 8. The van der Waals surface area contributed by atoms with Gasteiger partial charge in [0.25, 0.3) is 0 Å². The van der Waals surface area contributed by atoms with Crippen LogP contribution in [-0.4, -0.2) is 168 Å². The Morgan fingerprint density at radius 2 is 1.31 bits per heavy atom. The summed E-state index contributed by atoms with van der Waals surface area (Å²) < 4.78 is 36.3. The molecule has 0 aromatic rings. The SMILES string of the molecule is CC1(C)C=C2C3CCC4C5(C)CCC(OC6OC(C(=O)O)C(O)C(OC7OCC(O)C(O)C7O)C6OC6OC(CO)C(O)C(O)C6O)C(C)(C)C5CCC4(C)C3(C)CCC2(C(=O)O)CC1. The highest BCUT2D eigenvalue weighted by atomic mass is 16.8. The largest absolute Gasteiger partial charge is 0.481 e. The molecule has 8 aliphatic rings. The van der Waals surface area contributed by atoms with Crippen LogP contribution in [0, 0.1) is 50.2 Å². The highest BCUT2D eigenvalue weighted by Gasteiger charge is 2.70. The molecule has 370 valence electrons. The van der Waals surface area contributed by atoms with E-state index in [1.807, 2.05) is 0 Å². The third kappa shape index (κ3) is 7.76. The number of carboxylic acid groups (broad SMARTS) is 2. The van der Waals surface area contributed by atoms with Gasteiger partial charge in [-0.25, -0.2) is 4.79 Å². The number of carbonyl (C=O) groups is 2. The standard InChI is InChI=1S/C47H74O18/c1-42(2)14-16-47(41(58)59)17-15-45(6)21(22(47)18-42)8-9-26-44(5)12-11-27(43(3,4)25(44)10-13-46(26,45)7)62-40-36(65-39-32(54)30(52)29(51)24(19-48)61-39)34(33(55)35(64-40)37(56)57)63-38-31(53)28(50)23(49)20-60-38/h18,21,23-36,38-40,48-55H,8-17,19-20H2,1-7H3,(H,56,57)(H,58,59). The van der Waals surface area contributed by atoms with Crippen LogP contribution in [0.2, 0.25) is 0 Å². The minimum Gasteiger partial charge on any atom is -0.481 e. The molecule has 0 aromatic carbocycles. The molecule has 0 bridgehead atoms. The summed E-state index contributed by atoms with van der Waals surface area (Å²) in [7, 11) is 0. The quantitative estimate of drug-likeness (QED) is 0.116. The number of aliphatic hydroxyl groups excluding tert-OH is 8. The van der Waals surface area contributed by atoms with Gasteiger partial charge in [-0.1, -0.05) is 60.1 Å². The van der Waals surface area contributed by atoms with Crippen molar-refractivity contribution in [2.45, 2.75) is 205 Å². The summed E-state index contributed by atoms with van der Waals surface area (Å²) in [5, 5.41) is 106. The third-order valence-electron chi connectivity index (χ3n) is 18.9. The smallest absolute Gasteiger partial charge is 0.335 e. The molecule has 3 aliphatic heterocycles. The van der Waals surface area contributed by atoms with Crippen LogP contribution in [0.25, 0.3) is 0 Å². The number of ether oxygens (including phenoxy) is 6. The van der Waals surface area contributed by atoms with Crippen molar-refractivity contribution in [3.63, 3.8) is 0 Å². The minimum absolute atomic E-state index is 0.0804. The zero-order valence-corrected chi connectivity index (χ0v) is 38.7. The van der Waals surface area contributed by atoms with Gasteiger partial charge in [0.05, 0.1) is 24.7 Å². The Kier molecular flexibility index (Phi) is 13.1. The fourth-order valence-electron chi connectivity index (χ4n) is 14.9. The molecule has 4 saturated carbocycles. The van der Waals surface area contributed by atoms with E-state index in [2.05, 4.69) is 54.5 Å². The fraction of sp³-hybridized carbons (Fsp3) is 0.915. The summed E-state index contributed by atoms with van der Waals surface area (Å²) in [6.07, 6.45) is -15.3. The van der Waals surface area contributed by atoms with Crippen LogP contribution in [-0.2, 0) is 38.0 Å². The van der Waals surface area contributed by atoms with Crippen LogP contribution in [0.15, 0.2) is 11.6 Å². The van der Waals surface area contributed by atoms with E-state index in [1.54, 1.807) is 0 Å². The normalized spacial score (nSPS) is 52.8. The van der Waals surface area contributed by atoms with E-state index in [0.29, 0.717) is 25.2 Å². The van der Waals surface area contributed by atoms with Crippen LogP contribution in [0.1, 0.15) is 113 Å². The lowest BCUT2D eigenvalue weighted by atomic mass is 9.32. The number of rotatable bonds is 9. The summed E-state index contributed by atoms with van der Waals surface area (Å²) >= 11 is 0.